The van der Waals surface area contributed by atoms with Crippen molar-refractivity contribution in [1.29, 1.82) is 0 Å². The number of amides is 1. The second-order valence-corrected chi connectivity index (χ2v) is 6.82. The van der Waals surface area contributed by atoms with Gasteiger partial charge in [0.1, 0.15) is 5.75 Å². The molecule has 2 aromatic carbocycles. The number of anilines is 1. The molecule has 3 N–H and O–H groups in total. The standard InChI is InChI=1S/C20H20ClN3O2S/c1-3-26-14-10-8-13(9-11-14)23-19(25)17-12(2)22-20(27)24-18(17)15-6-4-5-7-16(15)21/h4-11,18H,3H2,1-2H3,(H,23,25)(H2,22,24,27). The van der Waals surface area contributed by atoms with Gasteiger partial charge >= 0.3 is 0 Å². The van der Waals surface area contributed by atoms with Crippen LogP contribution in [0.5, 0.6) is 5.75 Å². The monoisotopic (exact) mass is 401 g/mol. The van der Waals surface area contributed by atoms with E-state index in [1.807, 2.05) is 44.2 Å². The van der Waals surface area contributed by atoms with E-state index in [9.17, 15) is 4.79 Å². The molecule has 0 saturated heterocycles. The third-order valence-corrected chi connectivity index (χ3v) is 4.72. The van der Waals surface area contributed by atoms with Crippen molar-refractivity contribution in [1.82, 2.24) is 10.6 Å². The summed E-state index contributed by atoms with van der Waals surface area (Å²) in [5, 5.41) is 10.1. The number of ether oxygens (including phenoxy) is 1. The van der Waals surface area contributed by atoms with Gasteiger partial charge in [-0.05, 0) is 62.0 Å². The average Bonchev–Trinajstić information content (AvgIpc) is 2.63. The molecule has 140 valence electrons. The minimum atomic E-state index is -0.435. The highest BCUT2D eigenvalue weighted by molar-refractivity contribution is 7.80. The number of carbonyl (C=O) groups is 1. The molecular weight excluding hydrogens is 382 g/mol. The minimum Gasteiger partial charge on any atom is -0.494 e. The summed E-state index contributed by atoms with van der Waals surface area (Å²) in [6.45, 7) is 4.34. The smallest absolute Gasteiger partial charge is 0.255 e. The number of rotatable bonds is 5. The highest BCUT2D eigenvalue weighted by atomic mass is 35.5. The zero-order valence-electron chi connectivity index (χ0n) is 15.0. The van der Waals surface area contributed by atoms with Crippen LogP contribution >= 0.6 is 23.8 Å². The van der Waals surface area contributed by atoms with Crippen molar-refractivity contribution in [2.75, 3.05) is 11.9 Å². The van der Waals surface area contributed by atoms with E-state index >= 15 is 0 Å². The third-order valence-electron chi connectivity index (χ3n) is 4.15. The topological polar surface area (TPSA) is 62.4 Å². The fraction of sp³-hybridized carbons (Fsp3) is 0.200. The molecule has 1 atom stereocenters. The Labute approximate surface area is 168 Å². The van der Waals surface area contributed by atoms with Crippen LogP contribution in [0.1, 0.15) is 25.5 Å². The Balaban J connectivity index is 1.88. The van der Waals surface area contributed by atoms with Crippen molar-refractivity contribution >= 4 is 40.5 Å². The van der Waals surface area contributed by atoms with Crippen LogP contribution in [0, 0.1) is 0 Å². The second kappa shape index (κ2) is 8.41. The predicted octanol–water partition coefficient (Wildman–Crippen LogP) is 4.17. The molecular formula is C20H20ClN3O2S. The zero-order chi connectivity index (χ0) is 19.4. The maximum Gasteiger partial charge on any atom is 0.255 e. The Hall–Kier alpha value is -2.57. The van der Waals surface area contributed by atoms with Crippen molar-refractivity contribution in [3.63, 3.8) is 0 Å². The number of benzene rings is 2. The maximum atomic E-state index is 13.0. The Morgan fingerprint density at radius 1 is 1.22 bits per heavy atom. The molecule has 7 heteroatoms. The van der Waals surface area contributed by atoms with E-state index in [0.717, 1.165) is 11.3 Å². The van der Waals surface area contributed by atoms with Crippen LogP contribution in [0.4, 0.5) is 5.69 Å². The number of thiocarbonyl (C=S) groups is 1. The summed E-state index contributed by atoms with van der Waals surface area (Å²) in [4.78, 5) is 13.0. The van der Waals surface area contributed by atoms with Gasteiger partial charge in [-0.25, -0.2) is 0 Å². The van der Waals surface area contributed by atoms with Crippen molar-refractivity contribution in [3.8, 4) is 5.75 Å². The fourth-order valence-corrected chi connectivity index (χ4v) is 3.45. The highest BCUT2D eigenvalue weighted by Crippen LogP contribution is 2.32. The lowest BCUT2D eigenvalue weighted by molar-refractivity contribution is -0.113. The Bertz CT molecular complexity index is 896. The quantitative estimate of drug-likeness (QED) is 0.656. The van der Waals surface area contributed by atoms with E-state index in [4.69, 9.17) is 28.6 Å². The highest BCUT2D eigenvalue weighted by Gasteiger charge is 2.31. The van der Waals surface area contributed by atoms with E-state index in [-0.39, 0.29) is 5.91 Å². The molecule has 0 radical (unpaired) electrons. The van der Waals surface area contributed by atoms with Gasteiger partial charge in [-0.1, -0.05) is 29.8 Å². The number of hydrogen-bond donors (Lipinski definition) is 3. The molecule has 0 aliphatic carbocycles. The van der Waals surface area contributed by atoms with Gasteiger partial charge < -0.3 is 20.7 Å². The van der Waals surface area contributed by atoms with E-state index < -0.39 is 6.04 Å². The van der Waals surface area contributed by atoms with Crippen molar-refractivity contribution in [3.05, 3.63) is 70.4 Å². The first-order valence-corrected chi connectivity index (χ1v) is 9.35. The van der Waals surface area contributed by atoms with Gasteiger partial charge in [0.2, 0.25) is 0 Å². The van der Waals surface area contributed by atoms with Crippen LogP contribution < -0.4 is 20.7 Å². The molecule has 1 aliphatic rings. The summed E-state index contributed by atoms with van der Waals surface area (Å²) < 4.78 is 5.43. The van der Waals surface area contributed by atoms with Crippen molar-refractivity contribution in [2.24, 2.45) is 0 Å². The molecule has 5 nitrogen and oxygen atoms in total. The number of hydrogen-bond acceptors (Lipinski definition) is 3. The lowest BCUT2D eigenvalue weighted by Crippen LogP contribution is -2.45. The largest absolute Gasteiger partial charge is 0.494 e. The summed E-state index contributed by atoms with van der Waals surface area (Å²) in [5.74, 6) is 0.523. The molecule has 0 fully saturated rings. The van der Waals surface area contributed by atoms with Gasteiger partial charge in [-0.3, -0.25) is 4.79 Å². The first-order chi connectivity index (χ1) is 13.0. The number of halogens is 1. The van der Waals surface area contributed by atoms with Crippen LogP contribution in [0.25, 0.3) is 0 Å². The minimum absolute atomic E-state index is 0.232. The van der Waals surface area contributed by atoms with E-state index in [0.29, 0.717) is 33.7 Å². The average molecular weight is 402 g/mol. The molecule has 1 heterocycles. The van der Waals surface area contributed by atoms with Crippen LogP contribution in [-0.2, 0) is 4.79 Å². The normalized spacial score (nSPS) is 16.4. The third kappa shape index (κ3) is 4.40. The fourth-order valence-electron chi connectivity index (χ4n) is 2.94. The van der Waals surface area contributed by atoms with Crippen molar-refractivity contribution in [2.45, 2.75) is 19.9 Å². The Kier molecular flexibility index (Phi) is 5.98. The van der Waals surface area contributed by atoms with Gasteiger partial charge in [0, 0.05) is 16.4 Å². The van der Waals surface area contributed by atoms with Crippen LogP contribution in [0.2, 0.25) is 5.02 Å². The molecule has 3 rings (SSSR count). The van der Waals surface area contributed by atoms with Crippen LogP contribution in [-0.4, -0.2) is 17.6 Å². The molecule has 1 amide bonds. The van der Waals surface area contributed by atoms with Crippen LogP contribution in [0.3, 0.4) is 0 Å². The predicted molar refractivity (Wildman–Crippen MR) is 112 cm³/mol. The Morgan fingerprint density at radius 3 is 2.59 bits per heavy atom. The molecule has 0 bridgehead atoms. The number of nitrogens with one attached hydrogen (secondary N) is 3. The summed E-state index contributed by atoms with van der Waals surface area (Å²) >= 11 is 11.6. The van der Waals surface area contributed by atoms with Gasteiger partial charge in [0.25, 0.3) is 5.91 Å². The van der Waals surface area contributed by atoms with Gasteiger partial charge in [-0.15, -0.1) is 0 Å². The first-order valence-electron chi connectivity index (χ1n) is 8.56. The van der Waals surface area contributed by atoms with Crippen LogP contribution in [0.15, 0.2) is 59.8 Å². The summed E-state index contributed by atoms with van der Waals surface area (Å²) in [7, 11) is 0. The molecule has 2 aromatic rings. The lowest BCUT2D eigenvalue weighted by atomic mass is 9.95. The first kappa shape index (κ1) is 19.2. The molecule has 1 unspecified atom stereocenters. The van der Waals surface area contributed by atoms with Gasteiger partial charge in [0.05, 0.1) is 18.2 Å². The molecule has 0 saturated carbocycles. The SMILES string of the molecule is CCOc1ccc(NC(=O)C2=C(C)NC(=S)NC2c2ccccc2Cl)cc1. The number of carbonyl (C=O) groups excluding carboxylic acids is 1. The summed E-state index contributed by atoms with van der Waals surface area (Å²) in [6.07, 6.45) is 0. The maximum absolute atomic E-state index is 13.0. The Morgan fingerprint density at radius 2 is 1.93 bits per heavy atom. The molecule has 27 heavy (non-hydrogen) atoms. The summed E-state index contributed by atoms with van der Waals surface area (Å²) in [6, 6.07) is 14.2. The zero-order valence-corrected chi connectivity index (χ0v) is 16.6. The van der Waals surface area contributed by atoms with E-state index in [2.05, 4.69) is 16.0 Å². The molecule has 0 spiro atoms. The van der Waals surface area contributed by atoms with Crippen molar-refractivity contribution < 1.29 is 9.53 Å². The van der Waals surface area contributed by atoms with E-state index in [1.54, 1.807) is 18.2 Å². The second-order valence-electron chi connectivity index (χ2n) is 6.00. The molecule has 1 aliphatic heterocycles. The summed E-state index contributed by atoms with van der Waals surface area (Å²) in [5.41, 5.74) is 2.69. The van der Waals surface area contributed by atoms with Gasteiger partial charge in [0.15, 0.2) is 5.11 Å². The lowest BCUT2D eigenvalue weighted by Gasteiger charge is -2.30. The molecule has 0 aromatic heterocycles. The van der Waals surface area contributed by atoms with E-state index in [1.165, 1.54) is 0 Å². The van der Waals surface area contributed by atoms with Gasteiger partial charge in [-0.2, -0.15) is 0 Å². The number of allylic oxidation sites excluding steroid dienone is 1.